The lowest BCUT2D eigenvalue weighted by Crippen LogP contribution is -2.42. The van der Waals surface area contributed by atoms with Gasteiger partial charge in [0.25, 0.3) is 0 Å². The third-order valence-corrected chi connectivity index (χ3v) is 3.99. The monoisotopic (exact) mass is 330 g/mol. The molecule has 1 fully saturated rings. The molecule has 0 saturated heterocycles. The highest BCUT2D eigenvalue weighted by atomic mass is 16.6. The molecule has 0 unspecified atom stereocenters. The van der Waals surface area contributed by atoms with Crippen LogP contribution in [0.1, 0.15) is 52.0 Å². The summed E-state index contributed by atoms with van der Waals surface area (Å²) in [7, 11) is 0. The Morgan fingerprint density at radius 1 is 1.25 bits per heavy atom. The van der Waals surface area contributed by atoms with Crippen molar-refractivity contribution in [2.75, 3.05) is 0 Å². The molecule has 0 atom stereocenters. The van der Waals surface area contributed by atoms with Crippen molar-refractivity contribution in [3.63, 3.8) is 0 Å². The summed E-state index contributed by atoms with van der Waals surface area (Å²) in [5.41, 5.74) is 1.12. The van der Waals surface area contributed by atoms with Crippen molar-refractivity contribution in [1.82, 2.24) is 5.32 Å². The Balaban J connectivity index is 1.80. The molecule has 1 amide bonds. The molecule has 0 spiro atoms. The predicted molar refractivity (Wildman–Crippen MR) is 93.5 cm³/mol. The number of hydrogen-bond donors (Lipinski definition) is 1. The van der Waals surface area contributed by atoms with E-state index in [0.717, 1.165) is 37.0 Å². The maximum Gasteiger partial charge on any atom is 0.407 e. The largest absolute Gasteiger partial charge is 0.491 e. The van der Waals surface area contributed by atoms with Crippen LogP contribution in [0.2, 0.25) is 0 Å². The summed E-state index contributed by atoms with van der Waals surface area (Å²) in [6.45, 7) is 14.6. The van der Waals surface area contributed by atoms with Crippen LogP contribution in [0.5, 0.6) is 5.75 Å². The van der Waals surface area contributed by atoms with Crippen molar-refractivity contribution < 1.29 is 14.3 Å². The zero-order valence-corrected chi connectivity index (χ0v) is 14.9. The van der Waals surface area contributed by atoms with Crippen molar-refractivity contribution >= 4 is 11.8 Å². The molecule has 1 aromatic carbocycles. The van der Waals surface area contributed by atoms with Crippen LogP contribution in [-0.2, 0) is 4.74 Å². The highest BCUT2D eigenvalue weighted by Crippen LogP contribution is 2.28. The van der Waals surface area contributed by atoms with Crippen LogP contribution in [0.4, 0.5) is 10.5 Å². The second-order valence-corrected chi connectivity index (χ2v) is 7.30. The van der Waals surface area contributed by atoms with Crippen molar-refractivity contribution in [2.24, 2.45) is 0 Å². The van der Waals surface area contributed by atoms with Gasteiger partial charge in [0, 0.05) is 6.04 Å². The van der Waals surface area contributed by atoms with E-state index in [2.05, 4.69) is 10.2 Å². The van der Waals surface area contributed by atoms with Gasteiger partial charge in [0.2, 0.25) is 0 Å². The zero-order valence-electron chi connectivity index (χ0n) is 14.9. The van der Waals surface area contributed by atoms with Crippen LogP contribution in [0.3, 0.4) is 0 Å². The number of ether oxygens (including phenoxy) is 2. The van der Waals surface area contributed by atoms with Crippen molar-refractivity contribution in [3.8, 4) is 5.75 Å². The van der Waals surface area contributed by atoms with Gasteiger partial charge >= 0.3 is 6.09 Å². The molecule has 24 heavy (non-hydrogen) atoms. The molecule has 0 aromatic heterocycles. The van der Waals surface area contributed by atoms with Gasteiger partial charge in [0.15, 0.2) is 5.69 Å². The summed E-state index contributed by atoms with van der Waals surface area (Å²) in [6.07, 6.45) is 3.34. The summed E-state index contributed by atoms with van der Waals surface area (Å²) in [5, 5.41) is 2.93. The summed E-state index contributed by atoms with van der Waals surface area (Å²) < 4.78 is 11.3. The first-order valence-corrected chi connectivity index (χ1v) is 8.41. The zero-order chi connectivity index (χ0) is 17.7. The average molecular weight is 330 g/mol. The van der Waals surface area contributed by atoms with Gasteiger partial charge in [-0.1, -0.05) is 6.07 Å². The fourth-order valence-electron chi connectivity index (χ4n) is 2.82. The number of nitrogens with one attached hydrogen (secondary N) is 1. The standard InChI is InChI=1S/C19H26N2O3/c1-13-12-16(10-11-17(13)20-5)23-15-8-6-14(7-9-15)21-18(22)24-19(2,3)4/h10-12,14-15H,6-9H2,1-4H3,(H,21,22). The number of alkyl carbamates (subject to hydrolysis) is 1. The van der Waals surface area contributed by atoms with Crippen LogP contribution >= 0.6 is 0 Å². The molecule has 5 heteroatoms. The van der Waals surface area contributed by atoms with Crippen LogP contribution in [0, 0.1) is 13.5 Å². The first-order valence-electron chi connectivity index (χ1n) is 8.41. The molecule has 5 nitrogen and oxygen atoms in total. The van der Waals surface area contributed by atoms with E-state index in [9.17, 15) is 4.79 Å². The number of nitrogens with zero attached hydrogens (tertiary/aromatic N) is 1. The van der Waals surface area contributed by atoms with Gasteiger partial charge in [-0.25, -0.2) is 9.64 Å². The Morgan fingerprint density at radius 2 is 1.92 bits per heavy atom. The van der Waals surface area contributed by atoms with Gasteiger partial charge in [-0.2, -0.15) is 0 Å². The fraction of sp³-hybridized carbons (Fsp3) is 0.579. The van der Waals surface area contributed by atoms with Crippen molar-refractivity contribution in [3.05, 3.63) is 35.2 Å². The number of benzene rings is 1. The molecule has 1 aliphatic rings. The molecule has 0 aliphatic heterocycles. The fourth-order valence-corrected chi connectivity index (χ4v) is 2.82. The van der Waals surface area contributed by atoms with Gasteiger partial charge in [0.05, 0.1) is 12.7 Å². The number of rotatable bonds is 3. The van der Waals surface area contributed by atoms with E-state index in [4.69, 9.17) is 16.0 Å². The Kier molecular flexibility index (Phi) is 5.71. The second kappa shape index (κ2) is 7.57. The van der Waals surface area contributed by atoms with E-state index >= 15 is 0 Å². The van der Waals surface area contributed by atoms with Gasteiger partial charge in [0.1, 0.15) is 11.4 Å². The van der Waals surface area contributed by atoms with Crippen LogP contribution < -0.4 is 10.1 Å². The lowest BCUT2D eigenvalue weighted by molar-refractivity contribution is 0.0471. The number of hydrogen-bond acceptors (Lipinski definition) is 3. The normalized spacial score (nSPS) is 20.8. The summed E-state index contributed by atoms with van der Waals surface area (Å²) in [5.74, 6) is 0.809. The lowest BCUT2D eigenvalue weighted by Gasteiger charge is -2.30. The Labute approximate surface area is 144 Å². The molecule has 130 valence electrons. The smallest absolute Gasteiger partial charge is 0.407 e. The third-order valence-electron chi connectivity index (χ3n) is 3.99. The van der Waals surface area contributed by atoms with Gasteiger partial charge in [-0.15, -0.1) is 0 Å². The van der Waals surface area contributed by atoms with E-state index in [0.29, 0.717) is 5.69 Å². The summed E-state index contributed by atoms with van der Waals surface area (Å²) in [4.78, 5) is 15.3. The Hall–Kier alpha value is -2.22. The number of carbonyl (C=O) groups excluding carboxylic acids is 1. The molecule has 1 aromatic rings. The number of aryl methyl sites for hydroxylation is 1. The topological polar surface area (TPSA) is 51.9 Å². The first kappa shape index (κ1) is 18.1. The molecular formula is C19H26N2O3. The van der Waals surface area contributed by atoms with E-state index in [1.807, 2.05) is 39.8 Å². The van der Waals surface area contributed by atoms with E-state index in [1.54, 1.807) is 6.07 Å². The number of amides is 1. The van der Waals surface area contributed by atoms with Gasteiger partial charge in [-0.05, 0) is 71.1 Å². The van der Waals surface area contributed by atoms with Crippen LogP contribution in [0.25, 0.3) is 4.85 Å². The number of carbonyl (C=O) groups is 1. The molecule has 1 aliphatic carbocycles. The molecule has 0 bridgehead atoms. The minimum atomic E-state index is -0.472. The maximum atomic E-state index is 11.8. The van der Waals surface area contributed by atoms with Crippen molar-refractivity contribution in [2.45, 2.75) is 71.1 Å². The predicted octanol–water partition coefficient (Wildman–Crippen LogP) is 4.76. The first-order chi connectivity index (χ1) is 11.3. The highest BCUT2D eigenvalue weighted by molar-refractivity contribution is 5.68. The van der Waals surface area contributed by atoms with Gasteiger partial charge < -0.3 is 14.8 Å². The molecular weight excluding hydrogens is 304 g/mol. The summed E-state index contributed by atoms with van der Waals surface area (Å²) >= 11 is 0. The molecule has 0 radical (unpaired) electrons. The molecule has 2 rings (SSSR count). The lowest BCUT2D eigenvalue weighted by atomic mass is 9.93. The van der Waals surface area contributed by atoms with Gasteiger partial charge in [-0.3, -0.25) is 0 Å². The minimum absolute atomic E-state index is 0.144. The van der Waals surface area contributed by atoms with E-state index < -0.39 is 5.60 Å². The van der Waals surface area contributed by atoms with Crippen LogP contribution in [-0.4, -0.2) is 23.8 Å². The maximum absolute atomic E-state index is 11.8. The third kappa shape index (κ3) is 5.45. The quantitative estimate of drug-likeness (QED) is 0.813. The SMILES string of the molecule is [C-]#[N+]c1ccc(OC2CCC(NC(=O)OC(C)(C)C)CC2)cc1C. The Morgan fingerprint density at radius 3 is 2.46 bits per heavy atom. The summed E-state index contributed by atoms with van der Waals surface area (Å²) in [6, 6.07) is 5.71. The molecule has 0 heterocycles. The van der Waals surface area contributed by atoms with Crippen LogP contribution in [0.15, 0.2) is 18.2 Å². The highest BCUT2D eigenvalue weighted by Gasteiger charge is 2.25. The Bertz CT molecular complexity index is 620. The second-order valence-electron chi connectivity index (χ2n) is 7.30. The minimum Gasteiger partial charge on any atom is -0.491 e. The molecule has 1 N–H and O–H groups in total. The van der Waals surface area contributed by atoms with Crippen molar-refractivity contribution in [1.29, 1.82) is 0 Å². The molecule has 1 saturated carbocycles. The average Bonchev–Trinajstić information content (AvgIpc) is 2.47. The van der Waals surface area contributed by atoms with E-state index in [1.165, 1.54) is 0 Å². The van der Waals surface area contributed by atoms with E-state index in [-0.39, 0.29) is 18.2 Å².